The Kier molecular flexibility index (Phi) is 12.9. The Morgan fingerprint density at radius 1 is 0.276 bits per heavy atom. The molecule has 0 aliphatic carbocycles. The molecule has 3 atom stereocenters. The van der Waals surface area contributed by atoms with Gasteiger partial charge in [-0.3, -0.25) is 43.5 Å². The van der Waals surface area contributed by atoms with E-state index in [2.05, 4.69) is 0 Å². The number of hydrogen-bond acceptors (Lipinski definition) is 7. The van der Waals surface area contributed by atoms with Gasteiger partial charge in [0, 0.05) is 33.4 Å². The Labute approximate surface area is 337 Å². The summed E-state index contributed by atoms with van der Waals surface area (Å²) < 4.78 is 0. The summed E-state index contributed by atoms with van der Waals surface area (Å²) in [6, 6.07) is 49.4. The number of imide groups is 3. The second kappa shape index (κ2) is 18.6. The van der Waals surface area contributed by atoms with Crippen LogP contribution in [0.5, 0.6) is 0 Å². The lowest BCUT2D eigenvalue weighted by Crippen LogP contribution is -2.66. The van der Waals surface area contributed by atoms with Crippen molar-refractivity contribution >= 4 is 35.4 Å². The van der Waals surface area contributed by atoms with Gasteiger partial charge in [-0.05, 0) is 93.6 Å². The summed E-state index contributed by atoms with van der Waals surface area (Å²) >= 11 is 0. The van der Waals surface area contributed by atoms with E-state index in [4.69, 9.17) is 0 Å². The topological polar surface area (TPSA) is 115 Å². The molecule has 3 unspecified atom stereocenters. The molecular weight excluding hydrogens is 729 g/mol. The fourth-order valence-corrected chi connectivity index (χ4v) is 6.95. The molecule has 0 saturated carbocycles. The van der Waals surface area contributed by atoms with Gasteiger partial charge in [-0.2, -0.15) is 0 Å². The second-order valence-electron chi connectivity index (χ2n) is 13.5. The molecule has 0 radical (unpaired) electrons. The Bertz CT molecular complexity index is 1940. The first-order chi connectivity index (χ1) is 28.1. The summed E-state index contributed by atoms with van der Waals surface area (Å²) in [7, 11) is 0. The molecule has 58 heavy (non-hydrogen) atoms. The summed E-state index contributed by atoms with van der Waals surface area (Å²) in [5.41, 5.74) is 1.13. The monoisotopic (exact) mass is 770 g/mol. The van der Waals surface area contributed by atoms with Crippen molar-refractivity contribution in [1.29, 1.82) is 0 Å². The SMILES string of the molecule is CC(N(C(=O)c1ccccc1)C(=O)c1ccccc1)N(C(C)N(C(=O)c1ccccc1)C(=O)c1ccccc1)C(C)N(C(=O)c1ccccc1)C(=O)c1ccccc1. The molecule has 0 fully saturated rings. The van der Waals surface area contributed by atoms with E-state index in [9.17, 15) is 28.8 Å². The van der Waals surface area contributed by atoms with Gasteiger partial charge in [-0.25, -0.2) is 4.90 Å². The van der Waals surface area contributed by atoms with Crippen molar-refractivity contribution in [3.8, 4) is 0 Å². The van der Waals surface area contributed by atoms with Crippen molar-refractivity contribution in [2.24, 2.45) is 0 Å². The van der Waals surface area contributed by atoms with E-state index in [0.717, 1.165) is 14.7 Å². The van der Waals surface area contributed by atoms with Gasteiger partial charge in [0.25, 0.3) is 35.4 Å². The van der Waals surface area contributed by atoms with Crippen LogP contribution in [0.25, 0.3) is 0 Å². The maximum atomic E-state index is 14.7. The van der Waals surface area contributed by atoms with Crippen LogP contribution >= 0.6 is 0 Å². The zero-order valence-corrected chi connectivity index (χ0v) is 32.3. The summed E-state index contributed by atoms with van der Waals surface area (Å²) in [4.78, 5) is 92.8. The molecular formula is C48H42N4O6. The predicted octanol–water partition coefficient (Wildman–Crippen LogP) is 8.27. The summed E-state index contributed by atoms with van der Waals surface area (Å²) in [6.45, 7) is 4.72. The molecule has 0 aliphatic rings. The first kappa shape index (κ1) is 40.4. The number of benzene rings is 6. The van der Waals surface area contributed by atoms with Crippen LogP contribution in [-0.4, -0.2) is 73.5 Å². The zero-order chi connectivity index (χ0) is 41.2. The van der Waals surface area contributed by atoms with Crippen LogP contribution in [0, 0.1) is 0 Å². The molecule has 6 aromatic carbocycles. The molecule has 6 rings (SSSR count). The number of amides is 6. The highest BCUT2D eigenvalue weighted by Crippen LogP contribution is 2.28. The van der Waals surface area contributed by atoms with E-state index < -0.39 is 53.9 Å². The number of nitrogens with zero attached hydrogens (tertiary/aromatic N) is 4. The fourth-order valence-electron chi connectivity index (χ4n) is 6.95. The number of carbonyl (C=O) groups excluding carboxylic acids is 6. The minimum absolute atomic E-state index is 0.189. The molecule has 290 valence electrons. The van der Waals surface area contributed by atoms with Crippen LogP contribution in [0.2, 0.25) is 0 Å². The Hall–Kier alpha value is -7.30. The fraction of sp³-hybridized carbons (Fsp3) is 0.125. The molecule has 0 spiro atoms. The van der Waals surface area contributed by atoms with E-state index in [1.165, 1.54) is 4.90 Å². The minimum atomic E-state index is -1.31. The molecule has 6 amide bonds. The largest absolute Gasteiger partial charge is 0.269 e. The number of hydrogen-bond donors (Lipinski definition) is 0. The Morgan fingerprint density at radius 3 is 0.552 bits per heavy atom. The molecule has 0 aromatic heterocycles. The van der Waals surface area contributed by atoms with Crippen molar-refractivity contribution in [3.05, 3.63) is 215 Å². The molecule has 10 nitrogen and oxygen atoms in total. The lowest BCUT2D eigenvalue weighted by Gasteiger charge is -2.48. The molecule has 0 aliphatic heterocycles. The highest BCUT2D eigenvalue weighted by molar-refractivity contribution is 6.12. The third kappa shape index (κ3) is 8.72. The highest BCUT2D eigenvalue weighted by atomic mass is 16.2. The van der Waals surface area contributed by atoms with Gasteiger partial charge in [0.05, 0.1) is 18.5 Å². The van der Waals surface area contributed by atoms with Gasteiger partial charge < -0.3 is 0 Å². The quantitative estimate of drug-likeness (QED) is 0.0909. The Balaban J connectivity index is 1.59. The van der Waals surface area contributed by atoms with Gasteiger partial charge in [0.15, 0.2) is 0 Å². The van der Waals surface area contributed by atoms with Crippen LogP contribution in [0.15, 0.2) is 182 Å². The molecule has 0 bridgehead atoms. The van der Waals surface area contributed by atoms with E-state index in [0.29, 0.717) is 0 Å². The van der Waals surface area contributed by atoms with Crippen LogP contribution in [0.1, 0.15) is 82.9 Å². The van der Waals surface area contributed by atoms with Crippen LogP contribution in [0.3, 0.4) is 0 Å². The summed E-state index contributed by atoms with van der Waals surface area (Å²) in [5, 5.41) is 0. The minimum Gasteiger partial charge on any atom is -0.269 e. The smallest absolute Gasteiger partial charge is 0.262 e. The second-order valence-corrected chi connectivity index (χ2v) is 13.5. The summed E-state index contributed by atoms with van der Waals surface area (Å²) in [5.74, 6) is -4.10. The molecule has 6 aromatic rings. The van der Waals surface area contributed by atoms with Crippen LogP contribution in [-0.2, 0) is 0 Å². The van der Waals surface area contributed by atoms with Gasteiger partial charge in [-0.1, -0.05) is 109 Å². The summed E-state index contributed by atoms with van der Waals surface area (Å²) in [6.07, 6.45) is -3.93. The van der Waals surface area contributed by atoms with Gasteiger partial charge in [0.2, 0.25) is 0 Å². The average Bonchev–Trinajstić information content (AvgIpc) is 3.28. The first-order valence-electron chi connectivity index (χ1n) is 18.8. The molecule has 0 heterocycles. The molecule has 0 saturated heterocycles. The van der Waals surface area contributed by atoms with Crippen LogP contribution < -0.4 is 0 Å². The maximum absolute atomic E-state index is 14.7. The van der Waals surface area contributed by atoms with Crippen LogP contribution in [0.4, 0.5) is 0 Å². The highest BCUT2D eigenvalue weighted by Gasteiger charge is 2.45. The van der Waals surface area contributed by atoms with E-state index >= 15 is 0 Å². The molecule has 10 heteroatoms. The molecule has 0 N–H and O–H groups in total. The van der Waals surface area contributed by atoms with Gasteiger partial charge in [-0.15, -0.1) is 0 Å². The van der Waals surface area contributed by atoms with Gasteiger partial charge >= 0.3 is 0 Å². The normalized spacial score (nSPS) is 12.4. The van der Waals surface area contributed by atoms with Crippen molar-refractivity contribution in [3.63, 3.8) is 0 Å². The van der Waals surface area contributed by atoms with Crippen molar-refractivity contribution < 1.29 is 28.8 Å². The number of rotatable bonds is 12. The Morgan fingerprint density at radius 2 is 0.414 bits per heavy atom. The van der Waals surface area contributed by atoms with Crippen molar-refractivity contribution in [1.82, 2.24) is 19.6 Å². The van der Waals surface area contributed by atoms with E-state index in [1.54, 1.807) is 203 Å². The zero-order valence-electron chi connectivity index (χ0n) is 32.3. The standard InChI is InChI=1S/C48H42N4O6/c1-34(50(43(53)37-22-10-4-11-23-37)44(54)38-24-12-5-13-25-38)49(35(2)51(45(55)39-26-14-6-15-27-39)46(56)40-28-16-7-17-29-40)36(3)52(47(57)41-30-18-8-19-31-41)48(58)42-32-20-9-21-33-42/h4-36H,1-3H3. The lowest BCUT2D eigenvalue weighted by molar-refractivity contribution is -0.0554. The number of carbonyl (C=O) groups is 6. The lowest BCUT2D eigenvalue weighted by atomic mass is 10.1. The first-order valence-corrected chi connectivity index (χ1v) is 18.8. The van der Waals surface area contributed by atoms with Gasteiger partial charge in [0.1, 0.15) is 0 Å². The maximum Gasteiger partial charge on any atom is 0.262 e. The third-order valence-corrected chi connectivity index (χ3v) is 9.85. The van der Waals surface area contributed by atoms with E-state index in [-0.39, 0.29) is 33.4 Å². The van der Waals surface area contributed by atoms with E-state index in [1.807, 2.05) is 0 Å². The average molecular weight is 771 g/mol. The van der Waals surface area contributed by atoms with Crippen molar-refractivity contribution in [2.75, 3.05) is 0 Å². The predicted molar refractivity (Wildman–Crippen MR) is 220 cm³/mol. The van der Waals surface area contributed by atoms with Crippen molar-refractivity contribution in [2.45, 2.75) is 39.3 Å². The third-order valence-electron chi connectivity index (χ3n) is 9.85.